The van der Waals surface area contributed by atoms with E-state index in [2.05, 4.69) is 5.32 Å². The van der Waals surface area contributed by atoms with Gasteiger partial charge in [-0.3, -0.25) is 0 Å². The fourth-order valence-electron chi connectivity index (χ4n) is 2.13. The van der Waals surface area contributed by atoms with Crippen molar-refractivity contribution in [1.29, 1.82) is 0 Å². The highest BCUT2D eigenvalue weighted by Gasteiger charge is 2.41. The molecule has 1 aromatic carbocycles. The Labute approximate surface area is 103 Å². The first-order valence-electron chi connectivity index (χ1n) is 6.22. The van der Waals surface area contributed by atoms with Crippen LogP contribution < -0.4 is 5.32 Å². The van der Waals surface area contributed by atoms with E-state index in [1.165, 1.54) is 12.8 Å². The second kappa shape index (κ2) is 5.52. The molecule has 1 aliphatic rings. The van der Waals surface area contributed by atoms with Crippen LogP contribution in [0.3, 0.4) is 0 Å². The lowest BCUT2D eigenvalue weighted by Gasteiger charge is -2.15. The third kappa shape index (κ3) is 3.45. The maximum Gasteiger partial charge on any atom is 0.120 e. The third-order valence-electron chi connectivity index (χ3n) is 3.60. The molecule has 0 atom stereocenters. The number of benzene rings is 1. The molecule has 1 fully saturated rings. The van der Waals surface area contributed by atoms with Gasteiger partial charge in [0.05, 0.1) is 0 Å². The van der Waals surface area contributed by atoms with Gasteiger partial charge in [0, 0.05) is 32.4 Å². The normalized spacial score (nSPS) is 17.0. The molecule has 0 aliphatic heterocycles. The summed E-state index contributed by atoms with van der Waals surface area (Å²) in [5.74, 6) is 0.377. The Morgan fingerprint density at radius 2 is 2.12 bits per heavy atom. The van der Waals surface area contributed by atoms with E-state index in [1.54, 1.807) is 13.2 Å². The molecule has 1 saturated carbocycles. The van der Waals surface area contributed by atoms with Crippen LogP contribution in [0.1, 0.15) is 24.8 Å². The number of hydrogen-bond acceptors (Lipinski definition) is 3. The molecule has 0 heterocycles. The average Bonchev–Trinajstić information content (AvgIpc) is 3.10. The molecule has 94 valence electrons. The van der Waals surface area contributed by atoms with Crippen LogP contribution in [-0.2, 0) is 11.3 Å². The van der Waals surface area contributed by atoms with E-state index in [1.807, 2.05) is 18.2 Å². The zero-order valence-corrected chi connectivity index (χ0v) is 10.4. The summed E-state index contributed by atoms with van der Waals surface area (Å²) in [6, 6.07) is 7.49. The van der Waals surface area contributed by atoms with Crippen LogP contribution in [0.25, 0.3) is 0 Å². The minimum Gasteiger partial charge on any atom is -0.508 e. The van der Waals surface area contributed by atoms with E-state index < -0.39 is 0 Å². The Morgan fingerprint density at radius 3 is 2.76 bits per heavy atom. The average molecular weight is 235 g/mol. The molecule has 0 saturated heterocycles. The Bertz CT molecular complexity index is 361. The van der Waals surface area contributed by atoms with E-state index in [4.69, 9.17) is 4.74 Å². The molecule has 2 N–H and O–H groups in total. The summed E-state index contributed by atoms with van der Waals surface area (Å²) in [5.41, 5.74) is 1.43. The summed E-state index contributed by atoms with van der Waals surface area (Å²) >= 11 is 0. The second-order valence-electron chi connectivity index (χ2n) is 4.98. The summed E-state index contributed by atoms with van der Waals surface area (Å²) in [6.07, 6.45) is 3.73. The van der Waals surface area contributed by atoms with Gasteiger partial charge in [0.25, 0.3) is 0 Å². The van der Waals surface area contributed by atoms with Gasteiger partial charge in [0.15, 0.2) is 0 Å². The van der Waals surface area contributed by atoms with Gasteiger partial charge < -0.3 is 15.2 Å². The van der Waals surface area contributed by atoms with Crippen molar-refractivity contribution in [3.8, 4) is 5.75 Å². The number of phenols is 1. The van der Waals surface area contributed by atoms with E-state index >= 15 is 0 Å². The van der Waals surface area contributed by atoms with Gasteiger partial charge in [-0.2, -0.15) is 0 Å². The van der Waals surface area contributed by atoms with Gasteiger partial charge in [0.2, 0.25) is 0 Å². The maximum atomic E-state index is 9.64. The number of hydrogen-bond donors (Lipinski definition) is 2. The summed E-state index contributed by atoms with van der Waals surface area (Å²) in [5, 5.41) is 13.1. The number of ether oxygens (including phenoxy) is 1. The van der Waals surface area contributed by atoms with Crippen molar-refractivity contribution in [3.05, 3.63) is 29.8 Å². The van der Waals surface area contributed by atoms with Crippen LogP contribution in [0.5, 0.6) is 5.75 Å². The Balaban J connectivity index is 1.75. The summed E-state index contributed by atoms with van der Waals surface area (Å²) < 4.78 is 5.13. The first kappa shape index (κ1) is 12.4. The zero-order valence-electron chi connectivity index (χ0n) is 10.4. The highest BCUT2D eigenvalue weighted by atomic mass is 16.5. The molecular weight excluding hydrogens is 214 g/mol. The molecule has 1 aromatic rings. The van der Waals surface area contributed by atoms with Crippen molar-refractivity contribution in [2.75, 3.05) is 20.3 Å². The third-order valence-corrected chi connectivity index (χ3v) is 3.60. The highest BCUT2D eigenvalue weighted by molar-refractivity contribution is 5.31. The first-order valence-corrected chi connectivity index (χ1v) is 6.22. The van der Waals surface area contributed by atoms with Crippen LogP contribution in [0, 0.1) is 5.41 Å². The Hall–Kier alpha value is -1.06. The van der Waals surface area contributed by atoms with Crippen molar-refractivity contribution in [2.45, 2.75) is 25.8 Å². The summed E-state index contributed by atoms with van der Waals surface area (Å²) in [6.45, 7) is 2.60. The monoisotopic (exact) mass is 235 g/mol. The van der Waals surface area contributed by atoms with Crippen molar-refractivity contribution >= 4 is 0 Å². The van der Waals surface area contributed by atoms with Gasteiger partial charge in [-0.15, -0.1) is 0 Å². The number of nitrogens with one attached hydrogen (secondary N) is 1. The SMILES string of the molecule is COCCC1(CNCc2ccccc2O)CC1. The molecule has 1 aliphatic carbocycles. The molecule has 0 amide bonds. The number of para-hydroxylation sites is 1. The zero-order chi connectivity index (χ0) is 12.1. The number of methoxy groups -OCH3 is 1. The predicted molar refractivity (Wildman–Crippen MR) is 68.0 cm³/mol. The lowest BCUT2D eigenvalue weighted by Crippen LogP contribution is -2.24. The fraction of sp³-hybridized carbons (Fsp3) is 0.571. The standard InChI is InChI=1S/C14H21NO2/c1-17-9-8-14(6-7-14)11-15-10-12-4-2-3-5-13(12)16/h2-5,15-16H,6-11H2,1H3. The van der Waals surface area contributed by atoms with E-state index in [-0.39, 0.29) is 0 Å². The van der Waals surface area contributed by atoms with Crippen LogP contribution in [0.2, 0.25) is 0 Å². The molecule has 0 bridgehead atoms. The van der Waals surface area contributed by atoms with Crippen molar-refractivity contribution in [1.82, 2.24) is 5.32 Å². The van der Waals surface area contributed by atoms with Gasteiger partial charge >= 0.3 is 0 Å². The fourth-order valence-corrected chi connectivity index (χ4v) is 2.13. The molecule has 3 heteroatoms. The molecule has 0 unspecified atom stereocenters. The topological polar surface area (TPSA) is 41.5 Å². The van der Waals surface area contributed by atoms with Crippen molar-refractivity contribution in [2.24, 2.45) is 5.41 Å². The molecule has 17 heavy (non-hydrogen) atoms. The smallest absolute Gasteiger partial charge is 0.120 e. The minimum atomic E-state index is 0.377. The van der Waals surface area contributed by atoms with Crippen LogP contribution in [0.15, 0.2) is 24.3 Å². The molecule has 0 spiro atoms. The first-order chi connectivity index (χ1) is 8.26. The second-order valence-corrected chi connectivity index (χ2v) is 4.98. The van der Waals surface area contributed by atoms with Gasteiger partial charge in [0.1, 0.15) is 5.75 Å². The highest BCUT2D eigenvalue weighted by Crippen LogP contribution is 2.48. The molecular formula is C14H21NO2. The number of aromatic hydroxyl groups is 1. The van der Waals surface area contributed by atoms with Crippen LogP contribution in [0.4, 0.5) is 0 Å². The van der Waals surface area contributed by atoms with Gasteiger partial charge in [-0.05, 0) is 30.7 Å². The molecule has 0 aromatic heterocycles. The largest absolute Gasteiger partial charge is 0.508 e. The van der Waals surface area contributed by atoms with Crippen LogP contribution in [-0.4, -0.2) is 25.4 Å². The summed E-state index contributed by atoms with van der Waals surface area (Å²) in [4.78, 5) is 0. The van der Waals surface area contributed by atoms with Crippen LogP contribution >= 0.6 is 0 Å². The number of phenolic OH excluding ortho intramolecular Hbond substituents is 1. The van der Waals surface area contributed by atoms with Gasteiger partial charge in [-0.1, -0.05) is 18.2 Å². The van der Waals surface area contributed by atoms with Gasteiger partial charge in [-0.25, -0.2) is 0 Å². The predicted octanol–water partition coefficient (Wildman–Crippen LogP) is 2.30. The Kier molecular flexibility index (Phi) is 4.02. The lowest BCUT2D eigenvalue weighted by molar-refractivity contribution is 0.171. The summed E-state index contributed by atoms with van der Waals surface area (Å²) in [7, 11) is 1.76. The molecule has 3 nitrogen and oxygen atoms in total. The quantitative estimate of drug-likeness (QED) is 0.762. The Morgan fingerprint density at radius 1 is 1.35 bits per heavy atom. The number of rotatable bonds is 7. The van der Waals surface area contributed by atoms with E-state index in [9.17, 15) is 5.11 Å². The maximum absolute atomic E-state index is 9.64. The lowest BCUT2D eigenvalue weighted by atomic mass is 10.0. The van der Waals surface area contributed by atoms with Crippen molar-refractivity contribution in [3.63, 3.8) is 0 Å². The van der Waals surface area contributed by atoms with E-state index in [0.29, 0.717) is 11.2 Å². The molecule has 2 rings (SSSR count). The molecule has 0 radical (unpaired) electrons. The minimum absolute atomic E-state index is 0.377. The van der Waals surface area contributed by atoms with E-state index in [0.717, 1.165) is 31.7 Å². The van der Waals surface area contributed by atoms with Crippen molar-refractivity contribution < 1.29 is 9.84 Å².